The number of hydrogen-bond donors (Lipinski definition) is 2. The Bertz CT molecular complexity index is 397. The van der Waals surface area contributed by atoms with Crippen LogP contribution < -0.4 is 10.6 Å². The maximum Gasteiger partial charge on any atom is 0.171 e. The Hall–Kier alpha value is -1.35. The van der Waals surface area contributed by atoms with Crippen LogP contribution >= 0.6 is 12.2 Å². The fourth-order valence-corrected chi connectivity index (χ4v) is 1.58. The van der Waals surface area contributed by atoms with Crippen molar-refractivity contribution in [2.24, 2.45) is 0 Å². The summed E-state index contributed by atoms with van der Waals surface area (Å²) in [7, 11) is 0. The lowest BCUT2D eigenvalue weighted by atomic mass is 10.1. The lowest BCUT2D eigenvalue weighted by molar-refractivity contribution is 1.05. The van der Waals surface area contributed by atoms with Crippen LogP contribution in [0, 0.1) is 13.8 Å². The highest BCUT2D eigenvalue weighted by molar-refractivity contribution is 7.80. The van der Waals surface area contributed by atoms with E-state index in [0.717, 1.165) is 12.2 Å². The topological polar surface area (TPSA) is 24.1 Å². The molecule has 0 heterocycles. The molecule has 0 aliphatic carbocycles. The van der Waals surface area contributed by atoms with Crippen LogP contribution in [-0.4, -0.2) is 11.7 Å². The van der Waals surface area contributed by atoms with Gasteiger partial charge in [0.1, 0.15) is 0 Å². The zero-order valence-corrected chi connectivity index (χ0v) is 10.8. The third kappa shape index (κ3) is 4.03. The zero-order valence-electron chi connectivity index (χ0n) is 10.0. The summed E-state index contributed by atoms with van der Waals surface area (Å²) in [5, 5.41) is 6.95. The van der Waals surface area contributed by atoms with Crippen LogP contribution in [0.1, 0.15) is 18.1 Å². The lowest BCUT2D eigenvalue weighted by Gasteiger charge is -2.11. The molecule has 1 aromatic carbocycles. The molecule has 0 saturated heterocycles. The van der Waals surface area contributed by atoms with Gasteiger partial charge < -0.3 is 10.6 Å². The van der Waals surface area contributed by atoms with Crippen LogP contribution in [-0.2, 0) is 0 Å². The molecule has 0 aromatic heterocycles. The van der Waals surface area contributed by atoms with Gasteiger partial charge in [0.15, 0.2) is 5.11 Å². The highest BCUT2D eigenvalue weighted by Crippen LogP contribution is 2.15. The van der Waals surface area contributed by atoms with E-state index in [2.05, 4.69) is 36.6 Å². The van der Waals surface area contributed by atoms with E-state index in [9.17, 15) is 0 Å². The highest BCUT2D eigenvalue weighted by Gasteiger charge is 1.99. The standard InChI is InChI=1S/C13H18N2S/c1-4-5-8-14-13(16)15-12-7-6-10(2)9-11(12)3/h4-7,9H,8H2,1-3H3,(H2,14,15,16)/b5-4+. The number of hydrogen-bond acceptors (Lipinski definition) is 1. The van der Waals surface area contributed by atoms with Gasteiger partial charge in [-0.15, -0.1) is 0 Å². The van der Waals surface area contributed by atoms with Crippen molar-refractivity contribution in [3.8, 4) is 0 Å². The van der Waals surface area contributed by atoms with E-state index in [1.165, 1.54) is 11.1 Å². The molecular weight excluding hydrogens is 216 g/mol. The number of thiocarbonyl (C=S) groups is 1. The molecule has 0 aliphatic heterocycles. The largest absolute Gasteiger partial charge is 0.359 e. The quantitative estimate of drug-likeness (QED) is 0.620. The number of benzene rings is 1. The lowest BCUT2D eigenvalue weighted by Crippen LogP contribution is -2.28. The second-order valence-electron chi connectivity index (χ2n) is 3.72. The molecule has 0 fully saturated rings. The molecule has 3 heteroatoms. The highest BCUT2D eigenvalue weighted by atomic mass is 32.1. The molecule has 0 unspecified atom stereocenters. The molecule has 1 rings (SSSR count). The van der Waals surface area contributed by atoms with Crippen molar-refractivity contribution in [3.63, 3.8) is 0 Å². The number of rotatable bonds is 3. The van der Waals surface area contributed by atoms with Gasteiger partial charge in [-0.05, 0) is 44.6 Å². The average molecular weight is 234 g/mol. The van der Waals surface area contributed by atoms with Crippen molar-refractivity contribution in [1.82, 2.24) is 5.32 Å². The van der Waals surface area contributed by atoms with Crippen LogP contribution in [0.3, 0.4) is 0 Å². The van der Waals surface area contributed by atoms with Gasteiger partial charge >= 0.3 is 0 Å². The van der Waals surface area contributed by atoms with E-state index >= 15 is 0 Å². The van der Waals surface area contributed by atoms with Crippen molar-refractivity contribution >= 4 is 23.0 Å². The van der Waals surface area contributed by atoms with Crippen LogP contribution in [0.25, 0.3) is 0 Å². The first-order chi connectivity index (χ1) is 7.63. The first kappa shape index (κ1) is 12.7. The normalized spacial score (nSPS) is 10.4. The first-order valence-corrected chi connectivity index (χ1v) is 5.77. The van der Waals surface area contributed by atoms with E-state index in [4.69, 9.17) is 12.2 Å². The summed E-state index contributed by atoms with van der Waals surface area (Å²) in [5.41, 5.74) is 3.52. The minimum absolute atomic E-state index is 0.657. The van der Waals surface area contributed by atoms with Crippen molar-refractivity contribution in [2.45, 2.75) is 20.8 Å². The Kier molecular flexibility index (Phi) is 4.99. The molecule has 1 aromatic rings. The molecule has 0 amide bonds. The van der Waals surface area contributed by atoms with Crippen LogP contribution in [0.2, 0.25) is 0 Å². The Balaban J connectivity index is 2.56. The monoisotopic (exact) mass is 234 g/mol. The second kappa shape index (κ2) is 6.28. The smallest absolute Gasteiger partial charge is 0.171 e. The molecular formula is C13H18N2S. The molecule has 2 nitrogen and oxygen atoms in total. The predicted octanol–water partition coefficient (Wildman–Crippen LogP) is 3.17. The summed E-state index contributed by atoms with van der Waals surface area (Å²) in [5.74, 6) is 0. The van der Waals surface area contributed by atoms with Crippen molar-refractivity contribution in [3.05, 3.63) is 41.5 Å². The average Bonchev–Trinajstić information content (AvgIpc) is 2.23. The van der Waals surface area contributed by atoms with E-state index in [-0.39, 0.29) is 0 Å². The third-order valence-corrected chi connectivity index (χ3v) is 2.49. The van der Waals surface area contributed by atoms with Gasteiger partial charge in [-0.3, -0.25) is 0 Å². The predicted molar refractivity (Wildman–Crippen MR) is 75.0 cm³/mol. The van der Waals surface area contributed by atoms with Crippen LogP contribution in [0.4, 0.5) is 5.69 Å². The number of aryl methyl sites for hydroxylation is 2. The van der Waals surface area contributed by atoms with Gasteiger partial charge in [-0.1, -0.05) is 29.8 Å². The summed E-state index contributed by atoms with van der Waals surface area (Å²) in [4.78, 5) is 0. The molecule has 0 aliphatic rings. The molecule has 0 saturated carbocycles. The minimum atomic E-state index is 0.657. The molecule has 0 spiro atoms. The van der Waals surface area contributed by atoms with Crippen LogP contribution in [0.5, 0.6) is 0 Å². The summed E-state index contributed by atoms with van der Waals surface area (Å²) in [6, 6.07) is 6.26. The van der Waals surface area contributed by atoms with E-state index in [1.54, 1.807) is 0 Å². The SMILES string of the molecule is C/C=C/CNC(=S)Nc1ccc(C)cc1C. The van der Waals surface area contributed by atoms with E-state index < -0.39 is 0 Å². The third-order valence-electron chi connectivity index (χ3n) is 2.25. The van der Waals surface area contributed by atoms with Crippen LogP contribution in [0.15, 0.2) is 30.4 Å². The van der Waals surface area contributed by atoms with Gasteiger partial charge in [0.25, 0.3) is 0 Å². The van der Waals surface area contributed by atoms with Gasteiger partial charge in [0.05, 0.1) is 0 Å². The van der Waals surface area contributed by atoms with Gasteiger partial charge in [-0.25, -0.2) is 0 Å². The van der Waals surface area contributed by atoms with E-state index in [1.807, 2.05) is 25.1 Å². The van der Waals surface area contributed by atoms with Gasteiger partial charge in [-0.2, -0.15) is 0 Å². The van der Waals surface area contributed by atoms with E-state index in [0.29, 0.717) is 5.11 Å². The number of nitrogens with one attached hydrogen (secondary N) is 2. The van der Waals surface area contributed by atoms with Gasteiger partial charge in [0, 0.05) is 12.2 Å². The molecule has 0 atom stereocenters. The summed E-state index contributed by atoms with van der Waals surface area (Å²) >= 11 is 5.19. The Morgan fingerprint density at radius 2 is 2.12 bits per heavy atom. The van der Waals surface area contributed by atoms with Crippen molar-refractivity contribution in [2.75, 3.05) is 11.9 Å². The summed E-state index contributed by atoms with van der Waals surface area (Å²) in [6.07, 6.45) is 4.02. The van der Waals surface area contributed by atoms with Crippen molar-refractivity contribution in [1.29, 1.82) is 0 Å². The molecule has 0 bridgehead atoms. The molecule has 16 heavy (non-hydrogen) atoms. The Labute approximate surface area is 103 Å². The molecule has 0 radical (unpaired) electrons. The summed E-state index contributed by atoms with van der Waals surface area (Å²) in [6.45, 7) is 6.90. The fourth-order valence-electron chi connectivity index (χ4n) is 1.39. The minimum Gasteiger partial charge on any atom is -0.359 e. The number of allylic oxidation sites excluding steroid dienone is 1. The first-order valence-electron chi connectivity index (χ1n) is 5.36. The van der Waals surface area contributed by atoms with Gasteiger partial charge in [0.2, 0.25) is 0 Å². The molecule has 86 valence electrons. The maximum absolute atomic E-state index is 5.19. The van der Waals surface area contributed by atoms with Crippen molar-refractivity contribution < 1.29 is 0 Å². The maximum atomic E-state index is 5.19. The second-order valence-corrected chi connectivity index (χ2v) is 4.13. The molecule has 2 N–H and O–H groups in total. The Morgan fingerprint density at radius 3 is 2.75 bits per heavy atom. The Morgan fingerprint density at radius 1 is 1.38 bits per heavy atom. The fraction of sp³-hybridized carbons (Fsp3) is 0.308. The zero-order chi connectivity index (χ0) is 12.0. The summed E-state index contributed by atoms with van der Waals surface area (Å²) < 4.78 is 0. The number of anilines is 1.